The number of aromatic amines is 1. The van der Waals surface area contributed by atoms with Crippen LogP contribution < -0.4 is 9.04 Å². The average molecular weight is 640 g/mol. The van der Waals surface area contributed by atoms with Gasteiger partial charge in [-0.15, -0.1) is 0 Å². The van der Waals surface area contributed by atoms with Crippen molar-refractivity contribution >= 4 is 65.0 Å². The first-order valence-electron chi connectivity index (χ1n) is 13.1. The number of hydrogen-bond donors (Lipinski definition) is 2. The number of sulfonamides is 1. The van der Waals surface area contributed by atoms with E-state index in [0.29, 0.717) is 41.0 Å². The summed E-state index contributed by atoms with van der Waals surface area (Å²) in [6, 6.07) is 9.99. The van der Waals surface area contributed by atoms with Crippen molar-refractivity contribution in [3.8, 4) is 5.75 Å². The van der Waals surface area contributed by atoms with E-state index in [1.54, 1.807) is 24.3 Å². The van der Waals surface area contributed by atoms with Crippen molar-refractivity contribution in [2.45, 2.75) is 22.9 Å². The van der Waals surface area contributed by atoms with Gasteiger partial charge in [-0.3, -0.25) is 14.2 Å². The maximum absolute atomic E-state index is 13.5. The molecule has 2 unspecified atom stereocenters. The van der Waals surface area contributed by atoms with Crippen molar-refractivity contribution in [1.82, 2.24) is 14.9 Å². The molecule has 0 amide bonds. The van der Waals surface area contributed by atoms with Gasteiger partial charge in [-0.1, -0.05) is 17.8 Å². The zero-order chi connectivity index (χ0) is 29.2. The predicted octanol–water partition coefficient (Wildman–Crippen LogP) is 2.43. The fourth-order valence-electron chi connectivity index (χ4n) is 4.70. The number of benzene rings is 1. The highest BCUT2D eigenvalue weighted by Gasteiger charge is 2.33. The lowest BCUT2D eigenvalue weighted by Crippen LogP contribution is -2.46. The molecule has 222 valence electrons. The molecule has 41 heavy (non-hydrogen) atoms. The first-order chi connectivity index (χ1) is 19.5. The summed E-state index contributed by atoms with van der Waals surface area (Å²) in [7, 11) is -5.67. The highest BCUT2D eigenvalue weighted by Crippen LogP contribution is 2.37. The van der Waals surface area contributed by atoms with Gasteiger partial charge in [-0.25, -0.2) is 13.4 Å². The quantitative estimate of drug-likeness (QED) is 0.300. The van der Waals surface area contributed by atoms with Crippen molar-refractivity contribution in [1.29, 1.82) is 0 Å². The Morgan fingerprint density at radius 3 is 2.68 bits per heavy atom. The third-order valence-electron chi connectivity index (χ3n) is 6.87. The molecule has 5 rings (SSSR count). The van der Waals surface area contributed by atoms with E-state index in [-0.39, 0.29) is 22.6 Å². The second-order valence-corrected chi connectivity index (χ2v) is 16.6. The summed E-state index contributed by atoms with van der Waals surface area (Å²) in [6.07, 6.45) is 2.31. The van der Waals surface area contributed by atoms with Crippen LogP contribution >= 0.6 is 23.5 Å². The molecule has 2 aromatic heterocycles. The van der Waals surface area contributed by atoms with Crippen molar-refractivity contribution < 1.29 is 26.7 Å². The van der Waals surface area contributed by atoms with E-state index in [1.165, 1.54) is 37.3 Å². The van der Waals surface area contributed by atoms with Crippen LogP contribution in [0.2, 0.25) is 0 Å². The van der Waals surface area contributed by atoms with E-state index in [1.807, 2.05) is 17.8 Å². The summed E-state index contributed by atoms with van der Waals surface area (Å²) in [5.74, 6) is 2.40. The van der Waals surface area contributed by atoms with E-state index < -0.39 is 26.1 Å². The zero-order valence-corrected chi connectivity index (χ0v) is 26.0. The number of hydrogen-bond acceptors (Lipinski definition) is 11. The number of aliphatic hydroxyl groups is 1. The third kappa shape index (κ3) is 7.03. The third-order valence-corrected chi connectivity index (χ3v) is 11.8. The normalized spacial score (nSPS) is 19.3. The summed E-state index contributed by atoms with van der Waals surface area (Å²) in [4.78, 5) is 14.2. The van der Waals surface area contributed by atoms with Crippen LogP contribution in [0.5, 0.6) is 5.75 Å². The van der Waals surface area contributed by atoms with Gasteiger partial charge >= 0.3 is 0 Å². The Bertz CT molecular complexity index is 1620. The Morgan fingerprint density at radius 2 is 1.98 bits per heavy atom. The van der Waals surface area contributed by atoms with Crippen LogP contribution in [-0.4, -0.2) is 110 Å². The standard InChI is InChI=1S/C26H33N5O6S4/c1-30(41(35,36)23-6-3-4-7-27-23)21-16-19(37-10-5-13-40(2,33)34)14-18-15-20(29-24(18)21)25-28-17-22(39-25)26(32)31-8-11-38-12-9-31/h3-4,6-7,14-16,22,26,29,32H,5,8-13,17H2,1-2H3. The number of ether oxygens (including phenoxy) is 1. The van der Waals surface area contributed by atoms with Gasteiger partial charge in [0.1, 0.15) is 26.9 Å². The Labute approximate surface area is 248 Å². The molecule has 3 aromatic rings. The molecule has 0 saturated carbocycles. The van der Waals surface area contributed by atoms with Gasteiger partial charge in [-0.05, 0) is 30.7 Å². The van der Waals surface area contributed by atoms with E-state index in [4.69, 9.17) is 9.73 Å². The summed E-state index contributed by atoms with van der Waals surface area (Å²) in [6.45, 7) is 2.33. The second-order valence-electron chi connectivity index (χ2n) is 9.93. The Morgan fingerprint density at radius 1 is 1.20 bits per heavy atom. The molecule has 1 aromatic carbocycles. The molecule has 2 aliphatic rings. The Balaban J connectivity index is 1.44. The van der Waals surface area contributed by atoms with Crippen molar-refractivity contribution in [3.05, 3.63) is 48.3 Å². The molecule has 4 heterocycles. The Kier molecular flexibility index (Phi) is 9.21. The second kappa shape index (κ2) is 12.5. The number of anilines is 1. The van der Waals surface area contributed by atoms with Gasteiger partial charge in [0.15, 0.2) is 5.03 Å². The first kappa shape index (κ1) is 30.2. The molecular weight excluding hydrogens is 607 g/mol. The lowest BCUT2D eigenvalue weighted by atomic mass is 10.2. The van der Waals surface area contributed by atoms with Crippen molar-refractivity contribution in [3.63, 3.8) is 0 Å². The van der Waals surface area contributed by atoms with Gasteiger partial charge in [0.05, 0.1) is 41.1 Å². The number of pyridine rings is 1. The summed E-state index contributed by atoms with van der Waals surface area (Å²) >= 11 is 3.40. The average Bonchev–Trinajstić information content (AvgIpc) is 3.62. The van der Waals surface area contributed by atoms with Crippen LogP contribution in [0.1, 0.15) is 12.1 Å². The van der Waals surface area contributed by atoms with Crippen LogP contribution in [0.3, 0.4) is 0 Å². The number of fused-ring (bicyclic) bond motifs is 1. The number of nitrogens with one attached hydrogen (secondary N) is 1. The number of sulfone groups is 1. The van der Waals surface area contributed by atoms with Crippen molar-refractivity contribution in [2.75, 3.05) is 61.1 Å². The monoisotopic (exact) mass is 639 g/mol. The molecule has 0 bridgehead atoms. The Hall–Kier alpha value is -2.30. The number of aliphatic hydroxyl groups excluding tert-OH is 1. The van der Waals surface area contributed by atoms with Crippen LogP contribution in [0.25, 0.3) is 10.9 Å². The lowest BCUT2D eigenvalue weighted by Gasteiger charge is -2.33. The fourth-order valence-corrected chi connectivity index (χ4v) is 8.51. The van der Waals surface area contributed by atoms with Crippen molar-refractivity contribution in [2.24, 2.45) is 4.99 Å². The molecule has 1 fully saturated rings. The van der Waals surface area contributed by atoms with E-state index in [9.17, 15) is 21.9 Å². The summed E-state index contributed by atoms with van der Waals surface area (Å²) < 4.78 is 57.0. The maximum Gasteiger partial charge on any atom is 0.281 e. The van der Waals surface area contributed by atoms with Gasteiger partial charge in [0.2, 0.25) is 0 Å². The predicted molar refractivity (Wildman–Crippen MR) is 166 cm³/mol. The number of aromatic nitrogens is 2. The number of nitrogens with zero attached hydrogens (tertiary/aromatic N) is 4. The van der Waals surface area contributed by atoms with Gasteiger partial charge in [0.25, 0.3) is 10.0 Å². The van der Waals surface area contributed by atoms with Gasteiger partial charge in [-0.2, -0.15) is 20.2 Å². The largest absolute Gasteiger partial charge is 0.493 e. The smallest absolute Gasteiger partial charge is 0.281 e. The van der Waals surface area contributed by atoms with Crippen LogP contribution in [0, 0.1) is 0 Å². The lowest BCUT2D eigenvalue weighted by molar-refractivity contribution is 0.0117. The van der Waals surface area contributed by atoms with Gasteiger partial charge in [0, 0.05) is 55.5 Å². The topological polar surface area (TPSA) is 145 Å². The first-order valence-corrected chi connectivity index (χ1v) is 18.6. The minimum Gasteiger partial charge on any atom is -0.493 e. The molecule has 0 radical (unpaired) electrons. The maximum atomic E-state index is 13.5. The summed E-state index contributed by atoms with van der Waals surface area (Å²) in [5.41, 5.74) is 1.64. The number of H-pyrrole nitrogens is 1. The van der Waals surface area contributed by atoms with E-state index >= 15 is 0 Å². The van der Waals surface area contributed by atoms with Crippen LogP contribution in [0.4, 0.5) is 5.69 Å². The fraction of sp³-hybridized carbons (Fsp3) is 0.462. The zero-order valence-electron chi connectivity index (χ0n) is 22.8. The van der Waals surface area contributed by atoms with Gasteiger partial charge < -0.3 is 14.8 Å². The van der Waals surface area contributed by atoms with E-state index in [2.05, 4.69) is 14.9 Å². The minimum absolute atomic E-state index is 0.00923. The highest BCUT2D eigenvalue weighted by atomic mass is 32.2. The molecule has 0 spiro atoms. The molecule has 2 atom stereocenters. The molecule has 15 heteroatoms. The van der Waals surface area contributed by atoms with Crippen LogP contribution in [0.15, 0.2) is 52.6 Å². The molecule has 11 nitrogen and oxygen atoms in total. The highest BCUT2D eigenvalue weighted by molar-refractivity contribution is 8.15. The summed E-state index contributed by atoms with van der Waals surface area (Å²) in [5, 5.41) is 12.2. The number of thioether (sulfide) groups is 2. The molecule has 2 N–H and O–H groups in total. The number of rotatable bonds is 11. The minimum atomic E-state index is -4.00. The molecule has 0 aliphatic carbocycles. The molecule has 2 aliphatic heterocycles. The molecule has 1 saturated heterocycles. The van der Waals surface area contributed by atoms with Crippen LogP contribution in [-0.2, 0) is 19.9 Å². The number of aliphatic imine (C=N–C) groups is 1. The SMILES string of the molecule is CN(c1cc(OCCCS(C)(=O)=O)cc2cc(C3=NCC(C(O)N4CCSCC4)S3)[nH]c12)S(=O)(=O)c1ccccn1. The van der Waals surface area contributed by atoms with E-state index in [0.717, 1.165) is 33.9 Å². The molecular formula is C26H33N5O6S4.